The molecule has 0 amide bonds. The molecule has 5 rings (SSSR count). The van der Waals surface area contributed by atoms with Crippen molar-refractivity contribution < 1.29 is 25.2 Å². The standard InChI is InChI=1S/C26H27N3O5S/c27-12-17-21(15-10-11-28-18-8-5-4-6-14(15)18)16-7-2-1-3-9-19(16)29-25(17)35-26-24(33)23(32)22(31)20(13-30)34-26/h4-6,8,10-11,20,22-24,26,30-33H,1-3,7,9,13H2/t20-,22+,23+,24-,26+/m1/s1. The third-order valence-electron chi connectivity index (χ3n) is 6.80. The van der Waals surface area contributed by atoms with Crippen LogP contribution in [0.2, 0.25) is 0 Å². The number of fused-ring (bicyclic) bond motifs is 2. The van der Waals surface area contributed by atoms with Gasteiger partial charge in [0, 0.05) is 22.8 Å². The molecule has 0 unspecified atom stereocenters. The second kappa shape index (κ2) is 10.2. The van der Waals surface area contributed by atoms with Gasteiger partial charge in [-0.25, -0.2) is 4.98 Å². The second-order valence-electron chi connectivity index (χ2n) is 8.96. The lowest BCUT2D eigenvalue weighted by atomic mass is 9.90. The number of thioether (sulfide) groups is 1. The Morgan fingerprint density at radius 3 is 2.63 bits per heavy atom. The number of pyridine rings is 2. The fraction of sp³-hybridized carbons (Fsp3) is 0.423. The lowest BCUT2D eigenvalue weighted by Crippen LogP contribution is -2.57. The average Bonchev–Trinajstić information content (AvgIpc) is 3.13. The second-order valence-corrected chi connectivity index (χ2v) is 10.0. The summed E-state index contributed by atoms with van der Waals surface area (Å²) in [5.41, 5.74) is 3.91. The van der Waals surface area contributed by atoms with Gasteiger partial charge in [0.1, 0.15) is 40.9 Å². The molecule has 1 aliphatic carbocycles. The minimum atomic E-state index is -1.49. The van der Waals surface area contributed by atoms with E-state index in [-0.39, 0.29) is 0 Å². The summed E-state index contributed by atoms with van der Waals surface area (Å²) in [7, 11) is 0. The molecule has 1 fully saturated rings. The van der Waals surface area contributed by atoms with Gasteiger partial charge in [-0.2, -0.15) is 5.26 Å². The highest BCUT2D eigenvalue weighted by Gasteiger charge is 2.44. The Balaban J connectivity index is 1.67. The monoisotopic (exact) mass is 493 g/mol. The van der Waals surface area contributed by atoms with Crippen molar-refractivity contribution in [2.24, 2.45) is 0 Å². The van der Waals surface area contributed by atoms with Crippen LogP contribution < -0.4 is 0 Å². The Morgan fingerprint density at radius 2 is 1.83 bits per heavy atom. The van der Waals surface area contributed by atoms with Crippen LogP contribution in [0, 0.1) is 11.3 Å². The molecule has 0 saturated carbocycles. The normalized spacial score (nSPS) is 26.7. The molecule has 5 atom stereocenters. The van der Waals surface area contributed by atoms with Crippen LogP contribution in [-0.4, -0.2) is 66.9 Å². The minimum absolute atomic E-state index is 0.379. The number of aromatic nitrogens is 2. The molecule has 9 heteroatoms. The predicted molar refractivity (Wildman–Crippen MR) is 131 cm³/mol. The molecular weight excluding hydrogens is 466 g/mol. The quantitative estimate of drug-likeness (QED) is 0.403. The highest BCUT2D eigenvalue weighted by molar-refractivity contribution is 7.99. The van der Waals surface area contributed by atoms with E-state index in [4.69, 9.17) is 9.72 Å². The smallest absolute Gasteiger partial charge is 0.138 e. The molecule has 1 aromatic carbocycles. The predicted octanol–water partition coefficient (Wildman–Crippen LogP) is 2.33. The fourth-order valence-corrected chi connectivity index (χ4v) is 6.12. The highest BCUT2D eigenvalue weighted by atomic mass is 32.2. The number of benzene rings is 1. The maximum Gasteiger partial charge on any atom is 0.138 e. The maximum atomic E-state index is 10.6. The summed E-state index contributed by atoms with van der Waals surface area (Å²) in [5, 5.41) is 52.3. The van der Waals surface area contributed by atoms with Gasteiger partial charge in [-0.15, -0.1) is 0 Å². The van der Waals surface area contributed by atoms with Gasteiger partial charge in [-0.1, -0.05) is 36.4 Å². The number of hydrogen-bond acceptors (Lipinski definition) is 9. The molecule has 0 spiro atoms. The van der Waals surface area contributed by atoms with Gasteiger partial charge >= 0.3 is 0 Å². The van der Waals surface area contributed by atoms with E-state index in [2.05, 4.69) is 11.1 Å². The molecule has 0 radical (unpaired) electrons. The van der Waals surface area contributed by atoms with Crippen molar-refractivity contribution in [1.82, 2.24) is 9.97 Å². The van der Waals surface area contributed by atoms with Crippen LogP contribution in [0.25, 0.3) is 22.0 Å². The molecular formula is C26H27N3O5S. The molecule has 3 aromatic rings. The first-order valence-electron chi connectivity index (χ1n) is 11.8. The summed E-state index contributed by atoms with van der Waals surface area (Å²) in [4.78, 5) is 9.34. The molecule has 8 nitrogen and oxygen atoms in total. The number of ether oxygens (including phenoxy) is 1. The fourth-order valence-electron chi connectivity index (χ4n) is 4.97. The Hall–Kier alpha value is -2.58. The number of rotatable bonds is 4. The summed E-state index contributed by atoms with van der Waals surface area (Å²) in [6.07, 6.45) is 1.02. The lowest BCUT2D eigenvalue weighted by molar-refractivity contribution is -0.205. The van der Waals surface area contributed by atoms with Crippen molar-refractivity contribution in [1.29, 1.82) is 5.26 Å². The van der Waals surface area contributed by atoms with Crippen LogP contribution in [0.1, 0.15) is 36.1 Å². The van der Waals surface area contributed by atoms with E-state index in [1.807, 2.05) is 30.3 Å². The molecule has 0 bridgehead atoms. The summed E-state index contributed by atoms with van der Waals surface area (Å²) in [6.45, 7) is -0.515. The van der Waals surface area contributed by atoms with Gasteiger partial charge in [-0.05, 0) is 48.9 Å². The van der Waals surface area contributed by atoms with Gasteiger partial charge in [0.2, 0.25) is 0 Å². The van der Waals surface area contributed by atoms with E-state index >= 15 is 0 Å². The largest absolute Gasteiger partial charge is 0.394 e. The molecule has 182 valence electrons. The Kier molecular flexibility index (Phi) is 7.02. The van der Waals surface area contributed by atoms with Crippen LogP contribution in [0.4, 0.5) is 0 Å². The number of aliphatic hydroxyl groups excluding tert-OH is 4. The average molecular weight is 494 g/mol. The molecule has 2 aliphatic rings. The van der Waals surface area contributed by atoms with Crippen molar-refractivity contribution in [3.8, 4) is 17.2 Å². The van der Waals surface area contributed by atoms with Gasteiger partial charge in [0.05, 0.1) is 17.7 Å². The lowest BCUT2D eigenvalue weighted by Gasteiger charge is -2.39. The SMILES string of the molecule is N#Cc1c(S[C@@H]2O[C@H](CO)[C@H](O)[C@H](O)[C@H]2O)nc2c(c1-c1ccnc3ccccc13)CCCCC2. The van der Waals surface area contributed by atoms with E-state index in [0.29, 0.717) is 10.6 Å². The first kappa shape index (κ1) is 24.1. The number of aryl methyl sites for hydroxylation is 1. The Morgan fingerprint density at radius 1 is 1.03 bits per heavy atom. The third-order valence-corrected chi connectivity index (χ3v) is 7.94. The van der Waals surface area contributed by atoms with Gasteiger partial charge in [0.25, 0.3) is 0 Å². The molecule has 1 saturated heterocycles. The van der Waals surface area contributed by atoms with Crippen LogP contribution in [-0.2, 0) is 17.6 Å². The van der Waals surface area contributed by atoms with Crippen LogP contribution in [0.5, 0.6) is 0 Å². The Labute approximate surface area is 207 Å². The molecule has 1 aliphatic heterocycles. The van der Waals surface area contributed by atoms with Crippen LogP contribution in [0.3, 0.4) is 0 Å². The van der Waals surface area contributed by atoms with E-state index in [0.717, 1.165) is 77.2 Å². The summed E-state index contributed by atoms with van der Waals surface area (Å²) in [5.74, 6) is 0. The maximum absolute atomic E-state index is 10.6. The number of nitriles is 1. The molecule has 2 aromatic heterocycles. The van der Waals surface area contributed by atoms with Crippen molar-refractivity contribution in [3.63, 3.8) is 0 Å². The van der Waals surface area contributed by atoms with Crippen molar-refractivity contribution in [2.75, 3.05) is 6.61 Å². The topological polar surface area (TPSA) is 140 Å². The van der Waals surface area contributed by atoms with Crippen molar-refractivity contribution in [2.45, 2.75) is 67.0 Å². The number of aliphatic hydroxyl groups is 4. The van der Waals surface area contributed by atoms with E-state index < -0.39 is 36.5 Å². The first-order chi connectivity index (χ1) is 17.0. The zero-order chi connectivity index (χ0) is 24.5. The molecule has 35 heavy (non-hydrogen) atoms. The summed E-state index contributed by atoms with van der Waals surface area (Å²) >= 11 is 1.04. The summed E-state index contributed by atoms with van der Waals surface area (Å²) < 4.78 is 5.71. The first-order valence-corrected chi connectivity index (χ1v) is 12.7. The van der Waals surface area contributed by atoms with Crippen LogP contribution in [0.15, 0.2) is 41.6 Å². The van der Waals surface area contributed by atoms with Crippen molar-refractivity contribution >= 4 is 22.7 Å². The van der Waals surface area contributed by atoms with E-state index in [1.54, 1.807) is 6.20 Å². The van der Waals surface area contributed by atoms with Gasteiger partial charge in [0.15, 0.2) is 0 Å². The van der Waals surface area contributed by atoms with Crippen LogP contribution >= 0.6 is 11.8 Å². The third kappa shape index (κ3) is 4.42. The number of para-hydroxylation sites is 1. The highest BCUT2D eigenvalue weighted by Crippen LogP contribution is 2.42. The van der Waals surface area contributed by atoms with Gasteiger partial charge < -0.3 is 25.2 Å². The minimum Gasteiger partial charge on any atom is -0.394 e. The van der Waals surface area contributed by atoms with Gasteiger partial charge in [-0.3, -0.25) is 4.98 Å². The van der Waals surface area contributed by atoms with Crippen molar-refractivity contribution in [3.05, 3.63) is 53.3 Å². The number of nitrogens with zero attached hydrogens (tertiary/aromatic N) is 3. The van der Waals surface area contributed by atoms with E-state index in [9.17, 15) is 25.7 Å². The molecule has 3 heterocycles. The zero-order valence-corrected chi connectivity index (χ0v) is 19.9. The number of hydrogen-bond donors (Lipinski definition) is 4. The Bertz CT molecular complexity index is 1270. The zero-order valence-electron chi connectivity index (χ0n) is 19.0. The van der Waals surface area contributed by atoms with E-state index in [1.165, 1.54) is 0 Å². The molecule has 4 N–H and O–H groups in total. The summed E-state index contributed by atoms with van der Waals surface area (Å²) in [6, 6.07) is 12.1.